The van der Waals surface area contributed by atoms with Crippen molar-refractivity contribution in [2.24, 2.45) is 5.92 Å². The zero-order valence-electron chi connectivity index (χ0n) is 11.0. The molecule has 5 nitrogen and oxygen atoms in total. The van der Waals surface area contributed by atoms with E-state index < -0.39 is 12.0 Å². The zero-order chi connectivity index (χ0) is 14.0. The van der Waals surface area contributed by atoms with Crippen LogP contribution in [-0.4, -0.2) is 36.8 Å². The van der Waals surface area contributed by atoms with E-state index in [0.29, 0.717) is 35.5 Å². The molecule has 2 rings (SSSR count). The summed E-state index contributed by atoms with van der Waals surface area (Å²) in [4.78, 5) is 12.2. The van der Waals surface area contributed by atoms with Crippen LogP contribution in [0.1, 0.15) is 34.9 Å². The van der Waals surface area contributed by atoms with Crippen LogP contribution in [0.25, 0.3) is 0 Å². The minimum Gasteiger partial charge on any atom is -0.493 e. The molecule has 0 fully saturated rings. The van der Waals surface area contributed by atoms with Gasteiger partial charge in [0, 0.05) is 12.2 Å². The van der Waals surface area contributed by atoms with E-state index in [1.165, 1.54) is 14.2 Å². The second-order valence-corrected chi connectivity index (χ2v) is 4.58. The molecule has 1 aromatic carbocycles. The van der Waals surface area contributed by atoms with Gasteiger partial charge in [-0.05, 0) is 30.5 Å². The summed E-state index contributed by atoms with van der Waals surface area (Å²) < 4.78 is 10.3. The van der Waals surface area contributed by atoms with Crippen molar-refractivity contribution in [2.75, 3.05) is 20.8 Å². The van der Waals surface area contributed by atoms with Crippen molar-refractivity contribution in [1.29, 1.82) is 0 Å². The maximum atomic E-state index is 12.2. The zero-order valence-corrected chi connectivity index (χ0v) is 11.0. The third-order valence-electron chi connectivity index (χ3n) is 3.53. The summed E-state index contributed by atoms with van der Waals surface area (Å²) in [6.45, 7) is 0.0134. The van der Waals surface area contributed by atoms with Gasteiger partial charge in [0.15, 0.2) is 17.3 Å². The summed E-state index contributed by atoms with van der Waals surface area (Å²) in [7, 11) is 3.01. The molecule has 0 bridgehead atoms. The molecule has 2 atom stereocenters. The van der Waals surface area contributed by atoms with E-state index in [1.54, 1.807) is 12.1 Å². The molecule has 1 aliphatic carbocycles. The monoisotopic (exact) mass is 266 g/mol. The van der Waals surface area contributed by atoms with E-state index in [0.717, 1.165) is 0 Å². The van der Waals surface area contributed by atoms with Crippen LogP contribution >= 0.6 is 0 Å². The van der Waals surface area contributed by atoms with Gasteiger partial charge >= 0.3 is 0 Å². The lowest BCUT2D eigenvalue weighted by molar-refractivity contribution is 0.0722. The van der Waals surface area contributed by atoms with Gasteiger partial charge < -0.3 is 19.7 Å². The third kappa shape index (κ3) is 2.31. The molecule has 0 saturated carbocycles. The number of hydrogen-bond acceptors (Lipinski definition) is 5. The summed E-state index contributed by atoms with van der Waals surface area (Å²) in [5.41, 5.74) is 1.05. The molecule has 0 saturated heterocycles. The van der Waals surface area contributed by atoms with Crippen LogP contribution in [-0.2, 0) is 0 Å². The molecular weight excluding hydrogens is 248 g/mol. The Morgan fingerprint density at radius 2 is 1.84 bits per heavy atom. The summed E-state index contributed by atoms with van der Waals surface area (Å²) >= 11 is 0. The lowest BCUT2D eigenvalue weighted by Gasteiger charge is -2.13. The fraction of sp³-hybridized carbons (Fsp3) is 0.500. The van der Waals surface area contributed by atoms with E-state index in [2.05, 4.69) is 0 Å². The Balaban J connectivity index is 2.38. The van der Waals surface area contributed by atoms with Crippen LogP contribution in [0.2, 0.25) is 0 Å². The molecule has 104 valence electrons. The number of aliphatic hydroxyl groups is 2. The van der Waals surface area contributed by atoms with Gasteiger partial charge in [0.25, 0.3) is 0 Å². The smallest absolute Gasteiger partial charge is 0.169 e. The van der Waals surface area contributed by atoms with E-state index in [9.17, 15) is 9.90 Å². The van der Waals surface area contributed by atoms with Gasteiger partial charge in [-0.15, -0.1) is 0 Å². The highest BCUT2D eigenvalue weighted by Crippen LogP contribution is 2.43. The molecule has 1 aromatic rings. The number of Topliss-reactive ketones (excluding diaryl/α,β-unsaturated/α-hetero) is 1. The minimum atomic E-state index is -0.839. The number of fused-ring (bicyclic) bond motifs is 1. The molecule has 0 amide bonds. The number of carbonyl (C=O) groups excluding carboxylic acids is 1. The Morgan fingerprint density at radius 1 is 1.21 bits per heavy atom. The number of ether oxygens (including phenoxy) is 2. The Kier molecular flexibility index (Phi) is 4.07. The number of methoxy groups -OCH3 is 2. The fourth-order valence-electron chi connectivity index (χ4n) is 2.51. The van der Waals surface area contributed by atoms with Crippen LogP contribution in [0, 0.1) is 5.92 Å². The normalized spacial score (nSPS) is 21.4. The highest BCUT2D eigenvalue weighted by atomic mass is 16.5. The van der Waals surface area contributed by atoms with Crippen molar-refractivity contribution in [3.8, 4) is 11.5 Å². The van der Waals surface area contributed by atoms with Gasteiger partial charge in [0.1, 0.15) is 0 Å². The molecule has 0 heterocycles. The Labute approximate surface area is 111 Å². The summed E-state index contributed by atoms with van der Waals surface area (Å²) in [5.74, 6) is 0.386. The summed E-state index contributed by atoms with van der Waals surface area (Å²) in [6.07, 6.45) is 0.125. The molecule has 19 heavy (non-hydrogen) atoms. The van der Waals surface area contributed by atoms with E-state index in [1.807, 2.05) is 0 Å². The standard InChI is InChI=1S/C14H18O5/c1-18-11-6-9-10(7-12(11)19-2)14(17)8(13(9)16)4-3-5-15/h6-8,13,15-16H,3-5H2,1-2H3/t8-,13-/m0/s1. The van der Waals surface area contributed by atoms with Gasteiger partial charge in [-0.25, -0.2) is 0 Å². The van der Waals surface area contributed by atoms with Gasteiger partial charge in [-0.2, -0.15) is 0 Å². The first-order valence-electron chi connectivity index (χ1n) is 6.23. The van der Waals surface area contributed by atoms with Crippen molar-refractivity contribution >= 4 is 5.78 Å². The average molecular weight is 266 g/mol. The molecule has 0 aromatic heterocycles. The molecule has 0 radical (unpaired) electrons. The van der Waals surface area contributed by atoms with E-state index >= 15 is 0 Å². The maximum Gasteiger partial charge on any atom is 0.169 e. The lowest BCUT2D eigenvalue weighted by Crippen LogP contribution is -2.13. The van der Waals surface area contributed by atoms with Crippen LogP contribution in [0.4, 0.5) is 0 Å². The molecule has 5 heteroatoms. The molecule has 0 spiro atoms. The first-order valence-corrected chi connectivity index (χ1v) is 6.23. The number of rotatable bonds is 5. The van der Waals surface area contributed by atoms with Crippen molar-refractivity contribution < 1.29 is 24.5 Å². The second kappa shape index (κ2) is 5.59. The van der Waals surface area contributed by atoms with E-state index in [4.69, 9.17) is 14.6 Å². The third-order valence-corrected chi connectivity index (χ3v) is 3.53. The largest absolute Gasteiger partial charge is 0.493 e. The molecule has 1 aliphatic rings. The highest BCUT2D eigenvalue weighted by molar-refractivity contribution is 6.03. The highest BCUT2D eigenvalue weighted by Gasteiger charge is 2.39. The lowest BCUT2D eigenvalue weighted by atomic mass is 9.97. The van der Waals surface area contributed by atoms with Crippen LogP contribution in [0.3, 0.4) is 0 Å². The first kappa shape index (κ1) is 13.8. The second-order valence-electron chi connectivity index (χ2n) is 4.58. The maximum absolute atomic E-state index is 12.2. The predicted octanol–water partition coefficient (Wildman–Crippen LogP) is 1.32. The fourth-order valence-corrected chi connectivity index (χ4v) is 2.51. The van der Waals surface area contributed by atoms with Crippen molar-refractivity contribution in [3.05, 3.63) is 23.3 Å². The molecular formula is C14H18O5. The summed E-state index contributed by atoms with van der Waals surface area (Å²) in [5, 5.41) is 19.1. The van der Waals surface area contributed by atoms with Gasteiger partial charge in [-0.3, -0.25) is 4.79 Å². The number of carbonyl (C=O) groups is 1. The SMILES string of the molecule is COc1cc2c(cc1OC)[C@@H](O)[C@H](CCCO)C2=O. The first-order chi connectivity index (χ1) is 9.13. The Bertz CT molecular complexity index is 483. The molecule has 0 unspecified atom stereocenters. The van der Waals surface area contributed by atoms with Crippen molar-refractivity contribution in [3.63, 3.8) is 0 Å². The Morgan fingerprint density at radius 3 is 2.42 bits per heavy atom. The quantitative estimate of drug-likeness (QED) is 0.840. The number of aliphatic hydroxyl groups excluding tert-OH is 2. The number of benzene rings is 1. The van der Waals surface area contributed by atoms with Crippen LogP contribution < -0.4 is 9.47 Å². The number of hydrogen-bond donors (Lipinski definition) is 2. The average Bonchev–Trinajstić information content (AvgIpc) is 2.67. The van der Waals surface area contributed by atoms with Gasteiger partial charge in [0.05, 0.1) is 26.2 Å². The van der Waals surface area contributed by atoms with Crippen LogP contribution in [0.15, 0.2) is 12.1 Å². The van der Waals surface area contributed by atoms with Crippen LogP contribution in [0.5, 0.6) is 11.5 Å². The molecule has 0 aliphatic heterocycles. The Hall–Kier alpha value is -1.59. The predicted molar refractivity (Wildman–Crippen MR) is 68.6 cm³/mol. The molecule has 2 N–H and O–H groups in total. The minimum absolute atomic E-state index is 0.0134. The van der Waals surface area contributed by atoms with Crippen molar-refractivity contribution in [2.45, 2.75) is 18.9 Å². The number of ketones is 1. The van der Waals surface area contributed by atoms with Crippen molar-refractivity contribution in [1.82, 2.24) is 0 Å². The summed E-state index contributed by atoms with van der Waals surface area (Å²) in [6, 6.07) is 3.26. The van der Waals surface area contributed by atoms with Gasteiger partial charge in [-0.1, -0.05) is 0 Å². The van der Waals surface area contributed by atoms with E-state index in [-0.39, 0.29) is 12.4 Å². The van der Waals surface area contributed by atoms with Gasteiger partial charge in [0.2, 0.25) is 0 Å². The topological polar surface area (TPSA) is 76.0 Å².